The highest BCUT2D eigenvalue weighted by Gasteiger charge is 2.30. The summed E-state index contributed by atoms with van der Waals surface area (Å²) in [7, 11) is 3.19. The SMILES string of the molecule is CCOC1C=C(N)C=CC1C(=O)n1cc(-c2ccc(OC)c(OC)c2)c2cccnc21. The number of pyridine rings is 1. The molecule has 2 N–H and O–H groups in total. The van der Waals surface area contributed by atoms with Crippen molar-refractivity contribution in [2.24, 2.45) is 11.7 Å². The number of rotatable bonds is 6. The van der Waals surface area contributed by atoms with Crippen LogP contribution in [-0.2, 0) is 4.74 Å². The molecular formula is C24H25N3O4. The number of allylic oxidation sites excluding steroid dienone is 1. The Morgan fingerprint density at radius 2 is 2.00 bits per heavy atom. The summed E-state index contributed by atoms with van der Waals surface area (Å²) in [6, 6.07) is 9.48. The van der Waals surface area contributed by atoms with Gasteiger partial charge in [0.1, 0.15) is 5.65 Å². The molecule has 1 aliphatic carbocycles. The largest absolute Gasteiger partial charge is 0.493 e. The normalized spacial score (nSPS) is 18.1. The Kier molecular flexibility index (Phi) is 5.77. The first-order chi connectivity index (χ1) is 15.1. The van der Waals surface area contributed by atoms with Crippen LogP contribution in [0.2, 0.25) is 0 Å². The molecule has 2 unspecified atom stereocenters. The lowest BCUT2D eigenvalue weighted by atomic mass is 9.95. The van der Waals surface area contributed by atoms with Crippen LogP contribution in [0.15, 0.2) is 66.7 Å². The van der Waals surface area contributed by atoms with Crippen LogP contribution >= 0.6 is 0 Å². The molecule has 0 radical (unpaired) electrons. The van der Waals surface area contributed by atoms with Crippen molar-refractivity contribution >= 4 is 16.9 Å². The molecule has 31 heavy (non-hydrogen) atoms. The topological polar surface area (TPSA) is 88.6 Å². The van der Waals surface area contributed by atoms with E-state index in [1.807, 2.05) is 43.5 Å². The van der Waals surface area contributed by atoms with Gasteiger partial charge >= 0.3 is 0 Å². The molecule has 3 aromatic rings. The van der Waals surface area contributed by atoms with Gasteiger partial charge in [-0.05, 0) is 48.9 Å². The number of nitrogens with zero attached hydrogens (tertiary/aromatic N) is 2. The molecule has 160 valence electrons. The van der Waals surface area contributed by atoms with Gasteiger partial charge in [-0.25, -0.2) is 4.98 Å². The first-order valence-corrected chi connectivity index (χ1v) is 10.1. The van der Waals surface area contributed by atoms with E-state index < -0.39 is 12.0 Å². The lowest BCUT2D eigenvalue weighted by molar-refractivity contribution is 0.0497. The van der Waals surface area contributed by atoms with Gasteiger partial charge in [0.2, 0.25) is 5.91 Å². The van der Waals surface area contributed by atoms with E-state index >= 15 is 0 Å². The Bertz CT molecular complexity index is 1180. The van der Waals surface area contributed by atoms with Crippen molar-refractivity contribution in [1.29, 1.82) is 0 Å². The Morgan fingerprint density at radius 1 is 1.19 bits per heavy atom. The Balaban J connectivity index is 1.81. The highest BCUT2D eigenvalue weighted by molar-refractivity contribution is 6.01. The van der Waals surface area contributed by atoms with Crippen molar-refractivity contribution in [2.75, 3.05) is 20.8 Å². The van der Waals surface area contributed by atoms with Crippen molar-refractivity contribution in [1.82, 2.24) is 9.55 Å². The van der Waals surface area contributed by atoms with E-state index in [2.05, 4.69) is 4.98 Å². The van der Waals surface area contributed by atoms with Gasteiger partial charge in [-0.3, -0.25) is 9.36 Å². The van der Waals surface area contributed by atoms with E-state index in [1.54, 1.807) is 43.2 Å². The Hall–Kier alpha value is -3.58. The van der Waals surface area contributed by atoms with Crippen LogP contribution in [-0.4, -0.2) is 42.4 Å². The van der Waals surface area contributed by atoms with Gasteiger partial charge in [-0.2, -0.15) is 0 Å². The lowest BCUT2D eigenvalue weighted by Gasteiger charge is -2.24. The van der Waals surface area contributed by atoms with Crippen molar-refractivity contribution in [3.05, 3.63) is 66.7 Å². The molecular weight excluding hydrogens is 394 g/mol. The molecule has 0 bridgehead atoms. The number of hydrogen-bond donors (Lipinski definition) is 1. The van der Waals surface area contributed by atoms with Gasteiger partial charge in [0.25, 0.3) is 0 Å². The van der Waals surface area contributed by atoms with Crippen molar-refractivity contribution in [2.45, 2.75) is 13.0 Å². The van der Waals surface area contributed by atoms with Gasteiger partial charge in [-0.15, -0.1) is 0 Å². The third kappa shape index (κ3) is 3.80. The van der Waals surface area contributed by atoms with Gasteiger partial charge in [0, 0.05) is 35.6 Å². The number of nitrogens with two attached hydrogens (primary N) is 1. The average Bonchev–Trinajstić information content (AvgIpc) is 3.18. The second-order valence-electron chi connectivity index (χ2n) is 7.17. The molecule has 2 heterocycles. The van der Waals surface area contributed by atoms with Crippen LogP contribution in [0.25, 0.3) is 22.2 Å². The van der Waals surface area contributed by atoms with Gasteiger partial charge in [-0.1, -0.05) is 12.1 Å². The van der Waals surface area contributed by atoms with Crippen LogP contribution < -0.4 is 15.2 Å². The van der Waals surface area contributed by atoms with Gasteiger partial charge < -0.3 is 19.9 Å². The predicted octanol–water partition coefficient (Wildman–Crippen LogP) is 3.79. The van der Waals surface area contributed by atoms with Crippen LogP contribution in [0.5, 0.6) is 11.5 Å². The van der Waals surface area contributed by atoms with E-state index in [9.17, 15) is 4.79 Å². The zero-order chi connectivity index (χ0) is 22.0. The van der Waals surface area contributed by atoms with Crippen LogP contribution in [0.3, 0.4) is 0 Å². The summed E-state index contributed by atoms with van der Waals surface area (Å²) in [5.74, 6) is 0.626. The maximum absolute atomic E-state index is 13.6. The second-order valence-corrected chi connectivity index (χ2v) is 7.17. The fourth-order valence-corrected chi connectivity index (χ4v) is 3.86. The van der Waals surface area contributed by atoms with Gasteiger partial charge in [0.15, 0.2) is 11.5 Å². The third-order valence-electron chi connectivity index (χ3n) is 5.35. The number of hydrogen-bond acceptors (Lipinski definition) is 6. The number of fused-ring (bicyclic) bond motifs is 1. The molecule has 2 atom stereocenters. The summed E-state index contributed by atoms with van der Waals surface area (Å²) in [6.45, 7) is 2.37. The fraction of sp³-hybridized carbons (Fsp3) is 0.250. The second kappa shape index (κ2) is 8.65. The Labute approximate surface area is 180 Å². The maximum Gasteiger partial charge on any atom is 0.242 e. The first kappa shape index (κ1) is 20.7. The minimum absolute atomic E-state index is 0.131. The molecule has 2 aromatic heterocycles. The van der Waals surface area contributed by atoms with Gasteiger partial charge in [0.05, 0.1) is 26.2 Å². The molecule has 7 nitrogen and oxygen atoms in total. The standard InChI is InChI=1S/C24H25N3O4/c1-4-31-21-13-16(25)8-9-18(21)24(28)27-14-19(17-6-5-11-26-23(17)27)15-7-10-20(29-2)22(12-15)30-3/h5-14,18,21H,4,25H2,1-3H3. The van der Waals surface area contributed by atoms with E-state index in [1.165, 1.54) is 0 Å². The van der Waals surface area contributed by atoms with Crippen LogP contribution in [0, 0.1) is 5.92 Å². The minimum atomic E-state index is -0.497. The Morgan fingerprint density at radius 3 is 2.74 bits per heavy atom. The monoisotopic (exact) mass is 419 g/mol. The number of ether oxygens (including phenoxy) is 3. The van der Waals surface area contributed by atoms with E-state index in [0.717, 1.165) is 16.5 Å². The number of aromatic nitrogens is 2. The first-order valence-electron chi connectivity index (χ1n) is 10.1. The van der Waals surface area contributed by atoms with Crippen molar-refractivity contribution < 1.29 is 19.0 Å². The van der Waals surface area contributed by atoms with Crippen molar-refractivity contribution in [3.8, 4) is 22.6 Å². The maximum atomic E-state index is 13.6. The molecule has 0 saturated heterocycles. The smallest absolute Gasteiger partial charge is 0.242 e. The average molecular weight is 419 g/mol. The predicted molar refractivity (Wildman–Crippen MR) is 119 cm³/mol. The molecule has 0 amide bonds. The highest BCUT2D eigenvalue weighted by atomic mass is 16.5. The molecule has 1 aliphatic rings. The summed E-state index contributed by atoms with van der Waals surface area (Å²) in [5, 5.41) is 0.867. The summed E-state index contributed by atoms with van der Waals surface area (Å²) >= 11 is 0. The molecule has 1 aromatic carbocycles. The lowest BCUT2D eigenvalue weighted by Crippen LogP contribution is -2.33. The molecule has 0 aliphatic heterocycles. The molecule has 0 fully saturated rings. The zero-order valence-corrected chi connectivity index (χ0v) is 17.7. The number of methoxy groups -OCH3 is 2. The van der Waals surface area contributed by atoms with Crippen molar-refractivity contribution in [3.63, 3.8) is 0 Å². The fourth-order valence-electron chi connectivity index (χ4n) is 3.86. The summed E-state index contributed by atoms with van der Waals surface area (Å²) in [5.41, 5.74) is 8.86. The number of carbonyl (C=O) groups is 1. The van der Waals surface area contributed by atoms with E-state index in [0.29, 0.717) is 29.5 Å². The quantitative estimate of drug-likeness (QED) is 0.654. The van der Waals surface area contributed by atoms with Crippen LogP contribution in [0.4, 0.5) is 0 Å². The molecule has 0 saturated carbocycles. The summed E-state index contributed by atoms with van der Waals surface area (Å²) < 4.78 is 18.2. The van der Waals surface area contributed by atoms with Crippen LogP contribution in [0.1, 0.15) is 11.7 Å². The summed E-state index contributed by atoms with van der Waals surface area (Å²) in [4.78, 5) is 18.0. The molecule has 7 heteroatoms. The minimum Gasteiger partial charge on any atom is -0.493 e. The number of carbonyl (C=O) groups excluding carboxylic acids is 1. The third-order valence-corrected chi connectivity index (χ3v) is 5.35. The molecule has 4 rings (SSSR count). The van der Waals surface area contributed by atoms with E-state index in [4.69, 9.17) is 19.9 Å². The zero-order valence-electron chi connectivity index (χ0n) is 17.7. The molecule has 0 spiro atoms. The number of benzene rings is 1. The van der Waals surface area contributed by atoms with E-state index in [-0.39, 0.29) is 5.91 Å². The highest BCUT2D eigenvalue weighted by Crippen LogP contribution is 2.36. The summed E-state index contributed by atoms with van der Waals surface area (Å²) in [6.07, 6.45) is 8.39.